The van der Waals surface area contributed by atoms with Gasteiger partial charge in [-0.1, -0.05) is 48.5 Å². The van der Waals surface area contributed by atoms with Gasteiger partial charge >= 0.3 is 6.09 Å². The summed E-state index contributed by atoms with van der Waals surface area (Å²) in [6.45, 7) is 3.11. The van der Waals surface area contributed by atoms with Gasteiger partial charge in [-0.2, -0.15) is 0 Å². The van der Waals surface area contributed by atoms with Crippen molar-refractivity contribution in [3.63, 3.8) is 0 Å². The number of anilines is 1. The second-order valence-electron chi connectivity index (χ2n) is 9.48. The Kier molecular flexibility index (Phi) is 6.08. The molecule has 0 aromatic heterocycles. The molecule has 0 heterocycles. The lowest BCUT2D eigenvalue weighted by Crippen LogP contribution is -2.38. The first-order valence-corrected chi connectivity index (χ1v) is 12.0. The Morgan fingerprint density at radius 1 is 1.08 bits per heavy atom. The fraction of sp³-hybridized carbons (Fsp3) is 0.276. The number of ketones is 1. The van der Waals surface area contributed by atoms with Gasteiger partial charge in [0.05, 0.1) is 5.69 Å². The number of carbonyl (C=O) groups is 3. The Morgan fingerprint density at radius 3 is 2.31 bits per heavy atom. The number of benzene rings is 3. The first-order chi connectivity index (χ1) is 17.3. The highest BCUT2D eigenvalue weighted by Crippen LogP contribution is 2.45. The minimum Gasteiger partial charge on any atom is -0.436 e. The summed E-state index contributed by atoms with van der Waals surface area (Å²) in [5, 5.41) is 2.59. The molecule has 0 aliphatic heterocycles. The molecular weight excluding hydrogens is 459 g/mol. The summed E-state index contributed by atoms with van der Waals surface area (Å²) in [7, 11) is 1.61. The molecule has 3 aromatic carbocycles. The van der Waals surface area contributed by atoms with E-state index in [9.17, 15) is 18.8 Å². The van der Waals surface area contributed by atoms with Gasteiger partial charge in [-0.25, -0.2) is 9.18 Å². The molecule has 0 fully saturated rings. The molecule has 2 amide bonds. The van der Waals surface area contributed by atoms with Crippen molar-refractivity contribution in [1.29, 1.82) is 0 Å². The molecule has 2 aliphatic rings. The molecule has 6 nitrogen and oxygen atoms in total. The van der Waals surface area contributed by atoms with Crippen molar-refractivity contribution < 1.29 is 23.5 Å². The number of Topliss-reactive ketones (excluding diaryl/α,β-unsaturated/α-hetero) is 1. The fourth-order valence-electron chi connectivity index (χ4n) is 5.34. The number of halogens is 1. The molecule has 0 radical (unpaired) electrons. The van der Waals surface area contributed by atoms with Crippen LogP contribution in [-0.4, -0.2) is 36.3 Å². The molecule has 0 saturated heterocycles. The first-order valence-electron chi connectivity index (χ1n) is 12.0. The van der Waals surface area contributed by atoms with Crippen molar-refractivity contribution in [2.45, 2.75) is 32.8 Å². The van der Waals surface area contributed by atoms with Crippen LogP contribution in [0.15, 0.2) is 54.6 Å². The largest absolute Gasteiger partial charge is 0.436 e. The average molecular weight is 487 g/mol. The lowest BCUT2D eigenvalue weighted by Gasteiger charge is -2.30. The fourth-order valence-corrected chi connectivity index (χ4v) is 5.34. The maximum Gasteiger partial charge on any atom is 0.410 e. The van der Waals surface area contributed by atoms with E-state index in [1.165, 1.54) is 17.9 Å². The summed E-state index contributed by atoms with van der Waals surface area (Å²) in [6, 6.07) is 16.9. The second-order valence-corrected chi connectivity index (χ2v) is 9.48. The lowest BCUT2D eigenvalue weighted by molar-refractivity contribution is -0.114. The molecule has 3 aromatic rings. The molecule has 1 N–H and O–H groups in total. The van der Waals surface area contributed by atoms with E-state index in [4.69, 9.17) is 4.74 Å². The van der Waals surface area contributed by atoms with E-state index < -0.39 is 23.9 Å². The van der Waals surface area contributed by atoms with E-state index in [1.54, 1.807) is 14.0 Å². The van der Waals surface area contributed by atoms with Crippen LogP contribution >= 0.6 is 0 Å². The zero-order valence-electron chi connectivity index (χ0n) is 20.4. The van der Waals surface area contributed by atoms with Crippen LogP contribution in [0.4, 0.5) is 14.9 Å². The van der Waals surface area contributed by atoms with Crippen LogP contribution in [0.2, 0.25) is 0 Å². The Morgan fingerprint density at radius 2 is 1.69 bits per heavy atom. The van der Waals surface area contributed by atoms with Gasteiger partial charge in [0.25, 0.3) is 0 Å². The van der Waals surface area contributed by atoms with Crippen LogP contribution in [0.5, 0.6) is 0 Å². The van der Waals surface area contributed by atoms with Gasteiger partial charge in [0.1, 0.15) is 5.82 Å². The average Bonchev–Trinajstić information content (AvgIpc) is 3.17. The van der Waals surface area contributed by atoms with Crippen LogP contribution in [0.25, 0.3) is 11.1 Å². The van der Waals surface area contributed by atoms with Gasteiger partial charge in [-0.3, -0.25) is 9.59 Å². The van der Waals surface area contributed by atoms with Crippen LogP contribution in [0.3, 0.4) is 0 Å². The summed E-state index contributed by atoms with van der Waals surface area (Å²) in [4.78, 5) is 39.7. The van der Waals surface area contributed by atoms with E-state index in [-0.39, 0.29) is 23.9 Å². The summed E-state index contributed by atoms with van der Waals surface area (Å²) < 4.78 is 20.4. The summed E-state index contributed by atoms with van der Waals surface area (Å²) in [6.07, 6.45) is -0.0918. The molecule has 184 valence electrons. The Labute approximate surface area is 209 Å². The third kappa shape index (κ3) is 4.04. The number of carbonyl (C=O) groups excluding carboxylic acids is 3. The van der Waals surface area contributed by atoms with Crippen LogP contribution in [0.1, 0.15) is 52.1 Å². The number of ether oxygens (including phenoxy) is 1. The lowest BCUT2D eigenvalue weighted by atomic mass is 9.79. The van der Waals surface area contributed by atoms with E-state index in [0.717, 1.165) is 22.3 Å². The van der Waals surface area contributed by atoms with Crippen molar-refractivity contribution in [3.8, 4) is 11.1 Å². The van der Waals surface area contributed by atoms with Crippen molar-refractivity contribution in [2.24, 2.45) is 5.92 Å². The number of nitrogens with one attached hydrogen (secondary N) is 1. The van der Waals surface area contributed by atoms with Gasteiger partial charge in [-0.15, -0.1) is 0 Å². The van der Waals surface area contributed by atoms with Gasteiger partial charge < -0.3 is 15.0 Å². The maximum atomic E-state index is 14.4. The zero-order chi connectivity index (χ0) is 25.6. The molecule has 0 spiro atoms. The SMILES string of the molecule is CC(=O)Nc1cc(F)c(C)c2c1C(=O)C(CN(C)C(=O)OC1c3ccccc3-c3ccccc31)CC2. The molecule has 7 heteroatoms. The molecule has 1 atom stereocenters. The number of nitrogens with zero attached hydrogens (tertiary/aromatic N) is 1. The standard InChI is InChI=1S/C29H27FN2O4/c1-16-19-13-12-18(27(34)26(19)25(14-24(16)30)31-17(2)33)15-32(3)29(35)36-28-22-10-6-4-8-20(22)21-9-5-7-11-23(21)28/h4-11,14,18,28H,12-13,15H2,1-3H3,(H,31,33). The van der Waals surface area contributed by atoms with Gasteiger partial charge in [-0.05, 0) is 48.1 Å². The molecular formula is C29H27FN2O4. The molecule has 5 rings (SSSR count). The minimum atomic E-state index is -0.525. The summed E-state index contributed by atoms with van der Waals surface area (Å²) >= 11 is 0. The highest BCUT2D eigenvalue weighted by atomic mass is 19.1. The highest BCUT2D eigenvalue weighted by molar-refractivity contribution is 6.08. The first kappa shape index (κ1) is 23.7. The predicted molar refractivity (Wildman–Crippen MR) is 134 cm³/mol. The molecule has 0 bridgehead atoms. The Hall–Kier alpha value is -4.00. The van der Waals surface area contributed by atoms with E-state index >= 15 is 0 Å². The number of amides is 2. The van der Waals surface area contributed by atoms with Crippen molar-refractivity contribution in [1.82, 2.24) is 4.90 Å². The third-order valence-electron chi connectivity index (χ3n) is 7.13. The summed E-state index contributed by atoms with van der Waals surface area (Å²) in [5.74, 6) is -1.54. The van der Waals surface area contributed by atoms with Gasteiger partial charge in [0.15, 0.2) is 11.9 Å². The van der Waals surface area contributed by atoms with Crippen molar-refractivity contribution >= 4 is 23.5 Å². The van der Waals surface area contributed by atoms with E-state index in [0.29, 0.717) is 29.5 Å². The number of rotatable bonds is 4. The van der Waals surface area contributed by atoms with E-state index in [2.05, 4.69) is 5.32 Å². The smallest absolute Gasteiger partial charge is 0.410 e. The van der Waals surface area contributed by atoms with Gasteiger partial charge in [0.2, 0.25) is 5.91 Å². The minimum absolute atomic E-state index is 0.156. The molecule has 2 aliphatic carbocycles. The number of fused-ring (bicyclic) bond motifs is 4. The zero-order valence-corrected chi connectivity index (χ0v) is 20.4. The second kappa shape index (κ2) is 9.22. The Bertz CT molecular complexity index is 1350. The van der Waals surface area contributed by atoms with Crippen LogP contribution in [0, 0.1) is 18.7 Å². The number of hydrogen-bond acceptors (Lipinski definition) is 4. The van der Waals surface area contributed by atoms with Crippen molar-refractivity contribution in [3.05, 3.63) is 88.2 Å². The third-order valence-corrected chi connectivity index (χ3v) is 7.13. The summed E-state index contributed by atoms with van der Waals surface area (Å²) in [5.41, 5.74) is 5.49. The topological polar surface area (TPSA) is 75.7 Å². The highest BCUT2D eigenvalue weighted by Gasteiger charge is 2.35. The van der Waals surface area contributed by atoms with E-state index in [1.807, 2.05) is 48.5 Å². The van der Waals surface area contributed by atoms with Crippen LogP contribution in [-0.2, 0) is 16.0 Å². The molecule has 1 unspecified atom stereocenters. The molecule has 36 heavy (non-hydrogen) atoms. The Balaban J connectivity index is 1.35. The van der Waals surface area contributed by atoms with Crippen molar-refractivity contribution in [2.75, 3.05) is 18.9 Å². The van der Waals surface area contributed by atoms with Gasteiger partial charge in [0, 0.05) is 43.1 Å². The quantitative estimate of drug-likeness (QED) is 0.515. The predicted octanol–water partition coefficient (Wildman–Crippen LogP) is 5.68. The monoisotopic (exact) mass is 486 g/mol. The normalized spacial score (nSPS) is 16.1. The van der Waals surface area contributed by atoms with Crippen LogP contribution < -0.4 is 5.32 Å². The maximum absolute atomic E-state index is 14.4. The molecule has 0 saturated carbocycles. The number of hydrogen-bond donors (Lipinski definition) is 1.